The van der Waals surface area contributed by atoms with Crippen molar-refractivity contribution in [1.29, 1.82) is 0 Å². The Morgan fingerprint density at radius 1 is 1.88 bits per heavy atom. The predicted octanol–water partition coefficient (Wildman–Crippen LogP) is -0.962. The number of hydrazine groups is 1. The minimum Gasteiger partial charge on any atom is -0.288 e. The lowest BCUT2D eigenvalue weighted by Gasteiger charge is -2.11. The van der Waals surface area contributed by atoms with Crippen molar-refractivity contribution >= 4 is 12.2 Å². The largest absolute Gasteiger partial charge is 0.288 e. The summed E-state index contributed by atoms with van der Waals surface area (Å²) in [5.74, 6) is -0.0903. The molecule has 44 valence electrons. The van der Waals surface area contributed by atoms with Gasteiger partial charge in [0.15, 0.2) is 0 Å². The van der Waals surface area contributed by atoms with Crippen LogP contribution < -0.4 is 10.9 Å². The van der Waals surface area contributed by atoms with E-state index in [1.807, 2.05) is 0 Å². The van der Waals surface area contributed by atoms with E-state index < -0.39 is 0 Å². The molecule has 1 atom stereocenters. The molecule has 0 fully saturated rings. The van der Waals surface area contributed by atoms with Crippen molar-refractivity contribution in [2.45, 2.75) is 13.0 Å². The van der Waals surface area contributed by atoms with E-state index in [1.54, 1.807) is 6.92 Å². The molecule has 1 rings (SSSR count). The van der Waals surface area contributed by atoms with Crippen LogP contribution >= 0.6 is 0 Å². The summed E-state index contributed by atoms with van der Waals surface area (Å²) in [6.07, 6.45) is 1.46. The van der Waals surface area contributed by atoms with Crippen molar-refractivity contribution in [1.82, 2.24) is 10.9 Å². The second-order valence-corrected chi connectivity index (χ2v) is 1.59. The summed E-state index contributed by atoms with van der Waals surface area (Å²) < 4.78 is 0. The summed E-state index contributed by atoms with van der Waals surface area (Å²) in [7, 11) is 0. The van der Waals surface area contributed by atoms with Crippen molar-refractivity contribution in [3.8, 4) is 0 Å². The van der Waals surface area contributed by atoms with Crippen LogP contribution in [0.25, 0.3) is 0 Å². The van der Waals surface area contributed by atoms with E-state index in [2.05, 4.69) is 15.8 Å². The smallest absolute Gasteiger partial charge is 0.262 e. The van der Waals surface area contributed by atoms with Gasteiger partial charge in [0.2, 0.25) is 0 Å². The Morgan fingerprint density at radius 3 is 3.00 bits per heavy atom. The van der Waals surface area contributed by atoms with E-state index in [0.717, 1.165) is 0 Å². The van der Waals surface area contributed by atoms with Gasteiger partial charge in [-0.05, 0) is 6.92 Å². The van der Waals surface area contributed by atoms with Gasteiger partial charge in [-0.2, -0.15) is 0 Å². The molecule has 4 nitrogen and oxygen atoms in total. The quantitative estimate of drug-likeness (QED) is 0.425. The summed E-state index contributed by atoms with van der Waals surface area (Å²) in [6, 6.07) is -0.240. The lowest BCUT2D eigenvalue weighted by Crippen LogP contribution is -2.45. The molecule has 8 heavy (non-hydrogen) atoms. The summed E-state index contributed by atoms with van der Waals surface area (Å²) in [5.41, 5.74) is 4.87. The van der Waals surface area contributed by atoms with Gasteiger partial charge in [-0.25, -0.2) is 0 Å². The van der Waals surface area contributed by atoms with E-state index in [0.29, 0.717) is 0 Å². The fourth-order valence-electron chi connectivity index (χ4n) is 0.425. The van der Waals surface area contributed by atoms with E-state index in [9.17, 15) is 4.79 Å². The first-order valence-electron chi connectivity index (χ1n) is 2.38. The molecule has 0 aromatic heterocycles. The van der Waals surface area contributed by atoms with Crippen LogP contribution in [-0.2, 0) is 4.79 Å². The molecule has 0 unspecified atom stereocenters. The maximum absolute atomic E-state index is 10.5. The van der Waals surface area contributed by atoms with Gasteiger partial charge in [0.25, 0.3) is 5.91 Å². The third kappa shape index (κ3) is 0.776. The fraction of sp³-hybridized carbons (Fsp3) is 0.500. The van der Waals surface area contributed by atoms with Gasteiger partial charge in [-0.15, -0.1) is 0 Å². The van der Waals surface area contributed by atoms with Crippen LogP contribution in [0.3, 0.4) is 0 Å². The fourth-order valence-corrected chi connectivity index (χ4v) is 0.425. The van der Waals surface area contributed by atoms with Crippen LogP contribution in [0.2, 0.25) is 0 Å². The van der Waals surface area contributed by atoms with Gasteiger partial charge in [0.1, 0.15) is 12.4 Å². The maximum Gasteiger partial charge on any atom is 0.262 e. The number of amides is 1. The number of carbonyl (C=O) groups is 1. The zero-order valence-electron chi connectivity index (χ0n) is 4.51. The number of aliphatic imine (C=N–C) groups is 1. The molecule has 0 radical (unpaired) electrons. The van der Waals surface area contributed by atoms with Crippen molar-refractivity contribution in [2.75, 3.05) is 0 Å². The molecule has 4 heteroatoms. The van der Waals surface area contributed by atoms with Crippen LogP contribution in [0, 0.1) is 0 Å². The number of hydrogen-bond acceptors (Lipinski definition) is 3. The van der Waals surface area contributed by atoms with E-state index >= 15 is 0 Å². The van der Waals surface area contributed by atoms with Gasteiger partial charge in [-0.3, -0.25) is 20.6 Å². The molecule has 0 saturated carbocycles. The zero-order valence-corrected chi connectivity index (χ0v) is 4.51. The molecule has 0 aromatic carbocycles. The van der Waals surface area contributed by atoms with Gasteiger partial charge >= 0.3 is 0 Å². The summed E-state index contributed by atoms with van der Waals surface area (Å²) in [4.78, 5) is 14.3. The Morgan fingerprint density at radius 2 is 2.62 bits per heavy atom. The van der Waals surface area contributed by atoms with E-state index in [1.165, 1.54) is 6.34 Å². The van der Waals surface area contributed by atoms with Gasteiger partial charge in [-0.1, -0.05) is 0 Å². The van der Waals surface area contributed by atoms with Crippen LogP contribution in [0.4, 0.5) is 0 Å². The number of nitrogens with one attached hydrogen (secondary N) is 2. The number of hydrogen-bond donors (Lipinski definition) is 2. The number of rotatable bonds is 0. The first-order chi connectivity index (χ1) is 3.80. The highest BCUT2D eigenvalue weighted by Gasteiger charge is 2.11. The zero-order chi connectivity index (χ0) is 5.98. The Hall–Kier alpha value is -1.06. The molecule has 1 amide bonds. The van der Waals surface area contributed by atoms with Crippen molar-refractivity contribution in [2.24, 2.45) is 4.99 Å². The Bertz CT molecular complexity index is 131. The molecule has 0 spiro atoms. The number of carbonyl (C=O) groups excluding carboxylic acids is 1. The summed E-state index contributed by atoms with van der Waals surface area (Å²) in [6.45, 7) is 1.73. The second-order valence-electron chi connectivity index (χ2n) is 1.59. The molecule has 1 aliphatic rings. The standard InChI is InChI=1S/C4H7N3O/c1-3-4(8)7-6-2-5-3/h2-3H,1H3,(H,5,6)(H,7,8)/t3-/m0/s1. The Kier molecular flexibility index (Phi) is 1.15. The van der Waals surface area contributed by atoms with Crippen LogP contribution in [0.15, 0.2) is 4.99 Å². The van der Waals surface area contributed by atoms with Crippen molar-refractivity contribution in [3.05, 3.63) is 0 Å². The molecule has 0 saturated heterocycles. The highest BCUT2D eigenvalue weighted by Crippen LogP contribution is 1.87. The first kappa shape index (κ1) is 5.08. The van der Waals surface area contributed by atoms with Gasteiger partial charge < -0.3 is 0 Å². The monoisotopic (exact) mass is 113 g/mol. The third-order valence-electron chi connectivity index (χ3n) is 0.938. The molecule has 0 aliphatic carbocycles. The van der Waals surface area contributed by atoms with Gasteiger partial charge in [0, 0.05) is 0 Å². The van der Waals surface area contributed by atoms with E-state index in [4.69, 9.17) is 0 Å². The van der Waals surface area contributed by atoms with Crippen molar-refractivity contribution in [3.63, 3.8) is 0 Å². The normalized spacial score (nSPS) is 26.6. The average Bonchev–Trinajstić information content (AvgIpc) is 1.77. The SMILES string of the molecule is C[C@@H]1N=CNNC1=O. The first-order valence-corrected chi connectivity index (χ1v) is 2.38. The third-order valence-corrected chi connectivity index (χ3v) is 0.938. The summed E-state index contributed by atoms with van der Waals surface area (Å²) >= 11 is 0. The molecular formula is C4H7N3O. The lowest BCUT2D eigenvalue weighted by atomic mass is 10.3. The topological polar surface area (TPSA) is 53.5 Å². The highest BCUT2D eigenvalue weighted by atomic mass is 16.2. The van der Waals surface area contributed by atoms with Crippen LogP contribution in [0.1, 0.15) is 6.92 Å². The second kappa shape index (κ2) is 1.81. The minimum absolute atomic E-state index is 0.0903. The molecule has 2 N–H and O–H groups in total. The molecule has 0 bridgehead atoms. The summed E-state index contributed by atoms with van der Waals surface area (Å²) in [5, 5.41) is 0. The Balaban J connectivity index is 2.60. The highest BCUT2D eigenvalue weighted by molar-refractivity contribution is 5.85. The van der Waals surface area contributed by atoms with Crippen LogP contribution in [-0.4, -0.2) is 18.3 Å². The Labute approximate surface area is 47.0 Å². The van der Waals surface area contributed by atoms with Crippen molar-refractivity contribution < 1.29 is 4.79 Å². The predicted molar refractivity (Wildman–Crippen MR) is 29.2 cm³/mol. The average molecular weight is 113 g/mol. The molecular weight excluding hydrogens is 106 g/mol. The van der Waals surface area contributed by atoms with Gasteiger partial charge in [0.05, 0.1) is 0 Å². The maximum atomic E-state index is 10.5. The molecule has 1 heterocycles. The lowest BCUT2D eigenvalue weighted by molar-refractivity contribution is -0.122. The molecule has 1 aliphatic heterocycles. The number of nitrogens with zero attached hydrogens (tertiary/aromatic N) is 1. The van der Waals surface area contributed by atoms with Crippen LogP contribution in [0.5, 0.6) is 0 Å². The van der Waals surface area contributed by atoms with E-state index in [-0.39, 0.29) is 11.9 Å². The minimum atomic E-state index is -0.240. The molecule has 0 aromatic rings.